The zero-order valence-electron chi connectivity index (χ0n) is 15.1. The van der Waals surface area contributed by atoms with E-state index >= 15 is 0 Å². The van der Waals surface area contributed by atoms with Crippen LogP contribution in [0.4, 0.5) is 0 Å². The highest BCUT2D eigenvalue weighted by Crippen LogP contribution is 2.42. The Balaban J connectivity index is 1.70. The van der Waals surface area contributed by atoms with Crippen LogP contribution >= 0.6 is 0 Å². The van der Waals surface area contributed by atoms with Gasteiger partial charge in [-0.25, -0.2) is 0 Å². The lowest BCUT2D eigenvalue weighted by Crippen LogP contribution is -2.49. The Morgan fingerprint density at radius 1 is 0.654 bits per heavy atom. The van der Waals surface area contributed by atoms with Crippen molar-refractivity contribution in [2.75, 3.05) is 0 Å². The molecule has 1 heterocycles. The number of hydrogen-bond donors (Lipinski definition) is 0. The average Bonchev–Trinajstić information content (AvgIpc) is 3.13. The molecule has 4 aromatic rings. The lowest BCUT2D eigenvalue weighted by molar-refractivity contribution is 1.27. The molecular formula is C25H20Si. The molecule has 1 aliphatic carbocycles. The smallest absolute Gasteiger partial charge is 0.0623 e. The van der Waals surface area contributed by atoms with Crippen LogP contribution in [0.1, 0.15) is 11.1 Å². The van der Waals surface area contributed by atoms with Gasteiger partial charge in [0.05, 0.1) is 0 Å². The summed E-state index contributed by atoms with van der Waals surface area (Å²) in [6, 6.07) is 27.6. The second kappa shape index (κ2) is 4.75. The van der Waals surface area contributed by atoms with E-state index in [1.807, 2.05) is 0 Å². The fourth-order valence-corrected chi connectivity index (χ4v) is 8.24. The maximum absolute atomic E-state index is 2.49. The molecule has 0 fully saturated rings. The molecule has 1 aliphatic heterocycles. The average molecular weight is 349 g/mol. The maximum atomic E-state index is 2.49. The van der Waals surface area contributed by atoms with Gasteiger partial charge in [-0.3, -0.25) is 0 Å². The quantitative estimate of drug-likeness (QED) is 0.337. The zero-order valence-corrected chi connectivity index (χ0v) is 16.1. The van der Waals surface area contributed by atoms with Crippen molar-refractivity contribution in [3.8, 4) is 22.3 Å². The summed E-state index contributed by atoms with van der Waals surface area (Å²) >= 11 is 0. The van der Waals surface area contributed by atoms with Gasteiger partial charge in [-0.1, -0.05) is 73.8 Å². The molecule has 0 N–H and O–H groups in total. The Morgan fingerprint density at radius 2 is 1.42 bits per heavy atom. The van der Waals surface area contributed by atoms with Crippen LogP contribution in [0.2, 0.25) is 13.1 Å². The Hall–Kier alpha value is -2.64. The van der Waals surface area contributed by atoms with Crippen molar-refractivity contribution >= 4 is 29.2 Å². The minimum absolute atomic E-state index is 1.06. The molecule has 1 heteroatoms. The summed E-state index contributed by atoms with van der Waals surface area (Å²) in [6.45, 7) is 4.99. The van der Waals surface area contributed by atoms with E-state index in [-0.39, 0.29) is 0 Å². The predicted octanol–water partition coefficient (Wildman–Crippen LogP) is 5.21. The van der Waals surface area contributed by atoms with Crippen LogP contribution in [0.25, 0.3) is 33.0 Å². The second-order valence-electron chi connectivity index (χ2n) is 8.22. The van der Waals surface area contributed by atoms with Gasteiger partial charge in [0.25, 0.3) is 0 Å². The van der Waals surface area contributed by atoms with Crippen LogP contribution in [-0.2, 0) is 6.42 Å². The highest BCUT2D eigenvalue weighted by Gasteiger charge is 2.38. The van der Waals surface area contributed by atoms with Crippen LogP contribution in [-0.4, -0.2) is 8.07 Å². The van der Waals surface area contributed by atoms with Crippen molar-refractivity contribution in [3.05, 3.63) is 83.9 Å². The van der Waals surface area contributed by atoms with Gasteiger partial charge < -0.3 is 0 Å². The molecule has 0 saturated carbocycles. The third-order valence-corrected chi connectivity index (χ3v) is 10.0. The van der Waals surface area contributed by atoms with Gasteiger partial charge in [0, 0.05) is 0 Å². The maximum Gasteiger partial charge on any atom is 0.113 e. The Bertz CT molecular complexity index is 1230. The highest BCUT2D eigenvalue weighted by atomic mass is 28.3. The number of rotatable bonds is 0. The molecule has 0 unspecified atom stereocenters. The molecule has 0 bridgehead atoms. The summed E-state index contributed by atoms with van der Waals surface area (Å²) in [7, 11) is -1.59. The first-order valence-electron chi connectivity index (χ1n) is 9.43. The minimum atomic E-state index is -1.59. The molecule has 0 nitrogen and oxygen atoms in total. The summed E-state index contributed by atoms with van der Waals surface area (Å²) < 4.78 is 0. The van der Waals surface area contributed by atoms with Gasteiger partial charge in [0.15, 0.2) is 0 Å². The third-order valence-electron chi connectivity index (χ3n) is 6.48. The van der Waals surface area contributed by atoms with Crippen molar-refractivity contribution < 1.29 is 0 Å². The van der Waals surface area contributed by atoms with E-state index in [1.54, 1.807) is 10.4 Å². The summed E-state index contributed by atoms with van der Waals surface area (Å²) in [5.41, 5.74) is 8.77. The van der Waals surface area contributed by atoms with Crippen molar-refractivity contribution in [3.63, 3.8) is 0 Å². The van der Waals surface area contributed by atoms with Crippen molar-refractivity contribution in [1.82, 2.24) is 0 Å². The minimum Gasteiger partial charge on any atom is -0.0623 e. The van der Waals surface area contributed by atoms with E-state index in [0.29, 0.717) is 0 Å². The fraction of sp³-hybridized carbons (Fsp3) is 0.120. The zero-order chi connectivity index (χ0) is 17.5. The first-order chi connectivity index (χ1) is 12.6. The molecule has 26 heavy (non-hydrogen) atoms. The monoisotopic (exact) mass is 348 g/mol. The van der Waals surface area contributed by atoms with Gasteiger partial charge in [0.1, 0.15) is 8.07 Å². The molecule has 0 amide bonds. The first kappa shape index (κ1) is 14.5. The van der Waals surface area contributed by atoms with Crippen LogP contribution in [0, 0.1) is 0 Å². The second-order valence-corrected chi connectivity index (χ2v) is 12.6. The Labute approximate surface area is 155 Å². The number of benzene rings is 4. The van der Waals surface area contributed by atoms with Gasteiger partial charge >= 0.3 is 0 Å². The number of fused-ring (bicyclic) bond motifs is 8. The van der Waals surface area contributed by atoms with Crippen LogP contribution in [0.5, 0.6) is 0 Å². The van der Waals surface area contributed by atoms with Gasteiger partial charge in [-0.2, -0.15) is 0 Å². The summed E-state index contributed by atoms with van der Waals surface area (Å²) in [4.78, 5) is 0. The SMILES string of the molecule is C[Si]1(C)c2ccccc2-c2c1ccc1cc3c(cc21)Cc1ccccc1-3. The van der Waals surface area contributed by atoms with Crippen molar-refractivity contribution in [2.45, 2.75) is 19.5 Å². The normalized spacial score (nSPS) is 15.5. The third kappa shape index (κ3) is 1.69. The van der Waals surface area contributed by atoms with Crippen LogP contribution in [0.15, 0.2) is 72.8 Å². The Morgan fingerprint density at radius 3 is 2.31 bits per heavy atom. The fourth-order valence-electron chi connectivity index (χ4n) is 5.16. The molecule has 0 aromatic heterocycles. The lowest BCUT2D eigenvalue weighted by Gasteiger charge is -2.19. The molecule has 2 aliphatic rings. The Kier molecular flexibility index (Phi) is 2.65. The topological polar surface area (TPSA) is 0 Å². The van der Waals surface area contributed by atoms with Gasteiger partial charge in [0.2, 0.25) is 0 Å². The largest absolute Gasteiger partial charge is 0.113 e. The first-order valence-corrected chi connectivity index (χ1v) is 12.4. The summed E-state index contributed by atoms with van der Waals surface area (Å²) in [6.07, 6.45) is 1.06. The van der Waals surface area contributed by atoms with Crippen LogP contribution < -0.4 is 10.4 Å². The van der Waals surface area contributed by atoms with E-state index in [4.69, 9.17) is 0 Å². The molecule has 0 atom stereocenters. The van der Waals surface area contributed by atoms with Gasteiger partial charge in [-0.15, -0.1) is 0 Å². The van der Waals surface area contributed by atoms with E-state index in [2.05, 4.69) is 85.9 Å². The molecule has 124 valence electrons. The summed E-state index contributed by atoms with van der Waals surface area (Å²) in [5, 5.41) is 6.01. The molecule has 6 rings (SSSR count). The standard InChI is InChI=1S/C25H20Si/c1-26(2)23-10-6-5-9-20(23)25-22-15-18-13-16-7-3-4-8-19(16)21(18)14-17(22)11-12-24(25)26/h3-12,14-15H,13H2,1-2H3. The van der Waals surface area contributed by atoms with Crippen LogP contribution in [0.3, 0.4) is 0 Å². The molecule has 0 spiro atoms. The summed E-state index contributed by atoms with van der Waals surface area (Å²) in [5.74, 6) is 0. The highest BCUT2D eigenvalue weighted by molar-refractivity contribution is 7.04. The van der Waals surface area contributed by atoms with Crippen molar-refractivity contribution in [2.24, 2.45) is 0 Å². The predicted molar refractivity (Wildman–Crippen MR) is 114 cm³/mol. The van der Waals surface area contributed by atoms with E-state index in [1.165, 1.54) is 44.2 Å². The molecular weight excluding hydrogens is 328 g/mol. The van der Waals surface area contributed by atoms with E-state index in [0.717, 1.165) is 6.42 Å². The lowest BCUT2D eigenvalue weighted by atomic mass is 9.94. The molecule has 0 saturated heterocycles. The van der Waals surface area contributed by atoms with Crippen molar-refractivity contribution in [1.29, 1.82) is 0 Å². The molecule has 0 radical (unpaired) electrons. The van der Waals surface area contributed by atoms with Gasteiger partial charge in [-0.05, 0) is 73.1 Å². The van der Waals surface area contributed by atoms with E-state index < -0.39 is 8.07 Å². The number of hydrogen-bond acceptors (Lipinski definition) is 0. The van der Waals surface area contributed by atoms with E-state index in [9.17, 15) is 0 Å². The molecule has 4 aromatic carbocycles.